The van der Waals surface area contributed by atoms with Gasteiger partial charge in [-0.1, -0.05) is 19.1 Å². The predicted octanol–water partition coefficient (Wildman–Crippen LogP) is 4.72. The summed E-state index contributed by atoms with van der Waals surface area (Å²) >= 11 is 1.67. The molecule has 0 aromatic heterocycles. The molecule has 1 heterocycles. The summed E-state index contributed by atoms with van der Waals surface area (Å²) in [6, 6.07) is 12.2. The summed E-state index contributed by atoms with van der Waals surface area (Å²) in [6.07, 6.45) is 2.81. The highest BCUT2D eigenvalue weighted by Crippen LogP contribution is 2.45. The number of carbonyl (C=O) groups is 1. The highest BCUT2D eigenvalue weighted by atomic mass is 35.5. The minimum Gasteiger partial charge on any atom is -0.497 e. The van der Waals surface area contributed by atoms with Gasteiger partial charge in [-0.15, -0.1) is 24.2 Å². The second-order valence-electron chi connectivity index (χ2n) is 7.96. The molecule has 5 nitrogen and oxygen atoms in total. The summed E-state index contributed by atoms with van der Waals surface area (Å²) in [5, 5.41) is 0. The van der Waals surface area contributed by atoms with Gasteiger partial charge in [0.05, 0.1) is 19.9 Å². The first kappa shape index (κ1) is 25.4. The number of carbonyl (C=O) groups excluding carboxylic acids is 1. The van der Waals surface area contributed by atoms with Crippen LogP contribution in [0.1, 0.15) is 24.0 Å². The molecule has 0 bridgehead atoms. The smallest absolute Gasteiger partial charge is 0.230 e. The van der Waals surface area contributed by atoms with Crippen molar-refractivity contribution >= 4 is 35.8 Å². The molecule has 31 heavy (non-hydrogen) atoms. The van der Waals surface area contributed by atoms with Crippen LogP contribution in [0.3, 0.4) is 0 Å². The minimum absolute atomic E-state index is 0. The van der Waals surface area contributed by atoms with E-state index in [1.54, 1.807) is 26.0 Å². The van der Waals surface area contributed by atoms with Crippen molar-refractivity contribution in [3.05, 3.63) is 47.5 Å². The van der Waals surface area contributed by atoms with Gasteiger partial charge in [-0.25, -0.2) is 0 Å². The van der Waals surface area contributed by atoms with E-state index in [1.165, 1.54) is 0 Å². The van der Waals surface area contributed by atoms with E-state index in [1.807, 2.05) is 38.1 Å². The Morgan fingerprint density at radius 2 is 1.77 bits per heavy atom. The molecule has 1 amide bonds. The van der Waals surface area contributed by atoms with Gasteiger partial charge in [0.15, 0.2) is 0 Å². The molecular weight excluding hydrogens is 432 g/mol. The van der Waals surface area contributed by atoms with Crippen LogP contribution in [0.2, 0.25) is 0 Å². The molecule has 0 fully saturated rings. The number of benzene rings is 2. The maximum atomic E-state index is 13.6. The molecule has 0 saturated heterocycles. The highest BCUT2D eigenvalue weighted by molar-refractivity contribution is 7.98. The molecule has 0 N–H and O–H groups in total. The molecule has 7 heteroatoms. The maximum absolute atomic E-state index is 13.6. The summed E-state index contributed by atoms with van der Waals surface area (Å²) in [4.78, 5) is 18.8. The van der Waals surface area contributed by atoms with Crippen molar-refractivity contribution in [2.45, 2.75) is 24.2 Å². The standard InChI is InChI=1S/C24H32N2O3S.ClH/c1-16-19(17-7-9-18(28-4)10-8-17)15-20-21(11-12-22(30-6)23(20)29-5)26(24(16)27)14-13-25(2)3;/h7-12,16,19H,13-15H2,1-6H3;1H/t16-,19-;/m1./s1. The van der Waals surface area contributed by atoms with Crippen LogP contribution in [0.4, 0.5) is 5.69 Å². The Morgan fingerprint density at radius 1 is 1.10 bits per heavy atom. The van der Waals surface area contributed by atoms with E-state index < -0.39 is 0 Å². The number of hydrogen-bond acceptors (Lipinski definition) is 5. The molecule has 3 rings (SSSR count). The van der Waals surface area contributed by atoms with E-state index in [2.05, 4.69) is 35.4 Å². The van der Waals surface area contributed by atoms with Gasteiger partial charge in [0, 0.05) is 29.5 Å². The lowest BCUT2D eigenvalue weighted by Crippen LogP contribution is -2.40. The first-order valence-electron chi connectivity index (χ1n) is 10.2. The monoisotopic (exact) mass is 464 g/mol. The van der Waals surface area contributed by atoms with Gasteiger partial charge in [0.1, 0.15) is 11.5 Å². The first-order chi connectivity index (χ1) is 14.4. The number of ether oxygens (including phenoxy) is 2. The molecule has 2 atom stereocenters. The van der Waals surface area contributed by atoms with Crippen LogP contribution < -0.4 is 14.4 Å². The molecule has 0 saturated carbocycles. The number of anilines is 1. The third-order valence-electron chi connectivity index (χ3n) is 5.91. The number of hydrogen-bond donors (Lipinski definition) is 0. The van der Waals surface area contributed by atoms with E-state index in [9.17, 15) is 4.79 Å². The Morgan fingerprint density at radius 3 is 2.32 bits per heavy atom. The molecule has 1 aliphatic rings. The maximum Gasteiger partial charge on any atom is 0.230 e. The van der Waals surface area contributed by atoms with Crippen LogP contribution in [0.15, 0.2) is 41.3 Å². The van der Waals surface area contributed by atoms with Gasteiger partial charge in [0.25, 0.3) is 0 Å². The molecule has 0 spiro atoms. The number of likely N-dealkylation sites (N-methyl/N-ethyl adjacent to an activating group) is 1. The van der Waals surface area contributed by atoms with Crippen molar-refractivity contribution in [2.24, 2.45) is 5.92 Å². The van der Waals surface area contributed by atoms with Crippen molar-refractivity contribution in [3.8, 4) is 11.5 Å². The van der Waals surface area contributed by atoms with Crippen molar-refractivity contribution in [2.75, 3.05) is 52.6 Å². The first-order valence-corrected chi connectivity index (χ1v) is 11.5. The Labute approximate surface area is 196 Å². The summed E-state index contributed by atoms with van der Waals surface area (Å²) in [5.74, 6) is 1.79. The van der Waals surface area contributed by atoms with Gasteiger partial charge in [-0.3, -0.25) is 4.79 Å². The number of halogens is 1. The quantitative estimate of drug-likeness (QED) is 0.554. The lowest BCUT2D eigenvalue weighted by Gasteiger charge is -2.28. The lowest BCUT2D eigenvalue weighted by molar-refractivity contribution is -0.122. The van der Waals surface area contributed by atoms with Crippen LogP contribution in [-0.2, 0) is 11.2 Å². The fourth-order valence-electron chi connectivity index (χ4n) is 4.15. The SMILES string of the molecule is COc1ccc([C@@H]2Cc3c(ccc(SC)c3OC)N(CCN(C)C)C(=O)[C@@H]2C)cc1.Cl. The van der Waals surface area contributed by atoms with Crippen LogP contribution in [0.25, 0.3) is 0 Å². The number of amides is 1. The molecule has 0 radical (unpaired) electrons. The van der Waals surface area contributed by atoms with Gasteiger partial charge >= 0.3 is 0 Å². The zero-order chi connectivity index (χ0) is 21.8. The Hall–Kier alpha value is -1.89. The summed E-state index contributed by atoms with van der Waals surface area (Å²) in [6.45, 7) is 3.51. The third-order valence-corrected chi connectivity index (χ3v) is 6.67. The Bertz CT molecular complexity index is 889. The van der Waals surface area contributed by atoms with Crippen LogP contribution in [-0.4, -0.2) is 58.5 Å². The summed E-state index contributed by atoms with van der Waals surface area (Å²) in [7, 11) is 7.45. The largest absolute Gasteiger partial charge is 0.497 e. The molecule has 2 aromatic rings. The van der Waals surface area contributed by atoms with E-state index in [4.69, 9.17) is 9.47 Å². The van der Waals surface area contributed by atoms with Crippen LogP contribution in [0, 0.1) is 5.92 Å². The summed E-state index contributed by atoms with van der Waals surface area (Å²) in [5.41, 5.74) is 3.23. The van der Waals surface area contributed by atoms with Crippen LogP contribution in [0.5, 0.6) is 11.5 Å². The molecule has 0 unspecified atom stereocenters. The van der Waals surface area contributed by atoms with Crippen molar-refractivity contribution in [1.82, 2.24) is 4.90 Å². The average Bonchev–Trinajstić information content (AvgIpc) is 2.86. The Balaban J connectivity index is 0.00000341. The number of fused-ring (bicyclic) bond motifs is 1. The Kier molecular flexibility index (Phi) is 9.10. The zero-order valence-corrected chi connectivity index (χ0v) is 20.8. The van der Waals surface area contributed by atoms with Gasteiger partial charge in [-0.05, 0) is 62.5 Å². The minimum atomic E-state index is -0.143. The predicted molar refractivity (Wildman–Crippen MR) is 132 cm³/mol. The van der Waals surface area contributed by atoms with Gasteiger partial charge in [0.2, 0.25) is 5.91 Å². The second kappa shape index (κ2) is 11.1. The highest BCUT2D eigenvalue weighted by Gasteiger charge is 2.36. The third kappa shape index (κ3) is 5.30. The van der Waals surface area contributed by atoms with Gasteiger partial charge < -0.3 is 19.3 Å². The zero-order valence-electron chi connectivity index (χ0n) is 19.2. The average molecular weight is 465 g/mol. The lowest BCUT2D eigenvalue weighted by atomic mass is 9.82. The molecule has 2 aromatic carbocycles. The molecule has 170 valence electrons. The van der Waals surface area contributed by atoms with E-state index >= 15 is 0 Å². The van der Waals surface area contributed by atoms with E-state index in [0.29, 0.717) is 6.54 Å². The topological polar surface area (TPSA) is 42.0 Å². The molecule has 1 aliphatic heterocycles. The van der Waals surface area contributed by atoms with E-state index in [0.717, 1.165) is 46.2 Å². The molecular formula is C24H33ClN2O3S. The van der Waals surface area contributed by atoms with E-state index in [-0.39, 0.29) is 30.2 Å². The van der Waals surface area contributed by atoms with Gasteiger partial charge in [-0.2, -0.15) is 0 Å². The van der Waals surface area contributed by atoms with Crippen molar-refractivity contribution < 1.29 is 14.3 Å². The van der Waals surface area contributed by atoms with Crippen molar-refractivity contribution in [1.29, 1.82) is 0 Å². The fraction of sp³-hybridized carbons (Fsp3) is 0.458. The normalized spacial score (nSPS) is 18.3. The number of rotatable bonds is 7. The number of methoxy groups -OCH3 is 2. The number of nitrogens with zero attached hydrogens (tertiary/aromatic N) is 2. The number of thioether (sulfide) groups is 1. The van der Waals surface area contributed by atoms with Crippen LogP contribution >= 0.6 is 24.2 Å². The summed E-state index contributed by atoms with van der Waals surface area (Å²) < 4.78 is 11.2. The fourth-order valence-corrected chi connectivity index (χ4v) is 4.75. The van der Waals surface area contributed by atoms with Crippen molar-refractivity contribution in [3.63, 3.8) is 0 Å². The second-order valence-corrected chi connectivity index (χ2v) is 8.81. The molecule has 0 aliphatic carbocycles.